The number of rotatable bonds is 4. The molecule has 0 aromatic rings. The number of oxime groups is 1. The number of fused-ring (bicyclic) bond motifs is 5. The molecule has 0 radical (unpaired) electrons. The minimum atomic E-state index is -0.917. The van der Waals surface area contributed by atoms with Crippen molar-refractivity contribution >= 4 is 11.5 Å². The molecule has 5 rings (SSSR count). The van der Waals surface area contributed by atoms with Crippen molar-refractivity contribution in [2.45, 2.75) is 90.6 Å². The maximum Gasteiger partial charge on any atom is 0.142 e. The molecule has 0 aromatic carbocycles. The maximum absolute atomic E-state index is 15.0. The van der Waals surface area contributed by atoms with Gasteiger partial charge in [0.05, 0.1) is 5.71 Å². The highest BCUT2D eigenvalue weighted by Gasteiger charge is 2.63. The van der Waals surface area contributed by atoms with Crippen LogP contribution in [-0.4, -0.2) is 48.8 Å². The normalized spacial score (nSPS) is 47.0. The smallest absolute Gasteiger partial charge is 0.142 e. The molecule has 4 nitrogen and oxygen atoms in total. The molecule has 0 amide bonds. The van der Waals surface area contributed by atoms with Gasteiger partial charge in [-0.15, -0.1) is 0 Å². The Bertz CT molecular complexity index is 720. The summed E-state index contributed by atoms with van der Waals surface area (Å²) < 4.78 is 15.0. The van der Waals surface area contributed by atoms with Crippen LogP contribution in [0.4, 0.5) is 4.39 Å². The highest BCUT2D eigenvalue weighted by Crippen LogP contribution is 2.65. The van der Waals surface area contributed by atoms with Crippen molar-refractivity contribution in [3.63, 3.8) is 0 Å². The van der Waals surface area contributed by atoms with Gasteiger partial charge in [-0.1, -0.05) is 25.4 Å². The summed E-state index contributed by atoms with van der Waals surface area (Å²) >= 11 is 0. The lowest BCUT2D eigenvalue weighted by Gasteiger charge is -2.59. The Hall–Kier alpha value is -0.970. The van der Waals surface area contributed by atoms with Gasteiger partial charge in [0, 0.05) is 24.3 Å². The zero-order valence-corrected chi connectivity index (χ0v) is 19.6. The summed E-state index contributed by atoms with van der Waals surface area (Å²) in [5, 5.41) is 4.57. The Morgan fingerprint density at radius 3 is 2.71 bits per heavy atom. The van der Waals surface area contributed by atoms with Crippen molar-refractivity contribution in [3.05, 3.63) is 0 Å². The number of likely N-dealkylation sites (tertiary alicyclic amines) is 1. The summed E-state index contributed by atoms with van der Waals surface area (Å²) in [6.07, 6.45) is 10.7. The van der Waals surface area contributed by atoms with Gasteiger partial charge in [-0.05, 0) is 94.0 Å². The van der Waals surface area contributed by atoms with Gasteiger partial charge in [0.2, 0.25) is 0 Å². The molecular formula is C26H41FN2O2. The highest BCUT2D eigenvalue weighted by atomic mass is 19.1. The van der Waals surface area contributed by atoms with Gasteiger partial charge in [-0.25, -0.2) is 4.39 Å². The number of hydrogen-bond donors (Lipinski definition) is 0. The number of piperidine rings is 1. The van der Waals surface area contributed by atoms with E-state index in [2.05, 4.69) is 23.9 Å². The number of alkyl halides is 1. The Kier molecular flexibility index (Phi) is 5.94. The van der Waals surface area contributed by atoms with Gasteiger partial charge in [0.15, 0.2) is 0 Å². The van der Waals surface area contributed by atoms with Crippen LogP contribution < -0.4 is 0 Å². The molecule has 5 heteroatoms. The molecule has 0 spiro atoms. The van der Waals surface area contributed by atoms with Crippen LogP contribution in [0.15, 0.2) is 5.16 Å². The van der Waals surface area contributed by atoms with Crippen LogP contribution in [0.3, 0.4) is 0 Å². The van der Waals surface area contributed by atoms with Crippen LogP contribution in [0.1, 0.15) is 84.5 Å². The third-order valence-electron chi connectivity index (χ3n) is 10.3. The standard InChI is InChI=1S/C26H41FN2O2/c1-25-10-8-19(28-31-15-14-29-12-4-3-5-13-29)16-18(25)6-7-20-21(25)9-11-26(2)23(30)17-22(27)24(20)26/h18,20-22,24H,3-17H2,1-2H3/b28-19+/t18?,20?,21?,22?,24?,25-,26+/m0/s1. The molecule has 5 aliphatic rings. The fraction of sp³-hybridized carbons (Fsp3) is 0.923. The average Bonchev–Trinajstić information content (AvgIpc) is 3.00. The topological polar surface area (TPSA) is 41.9 Å². The molecule has 0 N–H and O–H groups in total. The van der Waals surface area contributed by atoms with E-state index in [0.29, 0.717) is 24.4 Å². The summed E-state index contributed by atoms with van der Waals surface area (Å²) in [6.45, 7) is 8.63. The van der Waals surface area contributed by atoms with Gasteiger partial charge < -0.3 is 4.84 Å². The fourth-order valence-corrected chi connectivity index (χ4v) is 8.41. The number of Topliss-reactive ketones (excluding diaryl/α,β-unsaturated/α-hetero) is 1. The highest BCUT2D eigenvalue weighted by molar-refractivity contribution is 5.88. The van der Waals surface area contributed by atoms with Crippen LogP contribution in [0, 0.1) is 34.5 Å². The molecule has 4 aliphatic carbocycles. The van der Waals surface area contributed by atoms with Crippen LogP contribution in [0.2, 0.25) is 0 Å². The summed E-state index contributed by atoms with van der Waals surface area (Å²) in [5.41, 5.74) is 1.11. The first kappa shape index (κ1) is 21.9. The van der Waals surface area contributed by atoms with E-state index in [1.54, 1.807) is 0 Å². The molecule has 174 valence electrons. The lowest BCUT2D eigenvalue weighted by molar-refractivity contribution is -0.138. The maximum atomic E-state index is 15.0. The van der Waals surface area contributed by atoms with E-state index in [4.69, 9.17) is 4.84 Å². The Balaban J connectivity index is 1.20. The molecule has 1 saturated heterocycles. The molecule has 1 aliphatic heterocycles. The van der Waals surface area contributed by atoms with E-state index < -0.39 is 11.6 Å². The minimum absolute atomic E-state index is 0.0373. The summed E-state index contributed by atoms with van der Waals surface area (Å²) in [5.74, 6) is 1.74. The minimum Gasteiger partial charge on any atom is -0.394 e. The largest absolute Gasteiger partial charge is 0.394 e. The second-order valence-electron chi connectivity index (χ2n) is 11.8. The summed E-state index contributed by atoms with van der Waals surface area (Å²) in [4.78, 5) is 20.8. The third kappa shape index (κ3) is 3.77. The second kappa shape index (κ2) is 8.43. The summed E-state index contributed by atoms with van der Waals surface area (Å²) in [6, 6.07) is 0. The van der Waals surface area contributed by atoms with E-state index in [0.717, 1.165) is 51.5 Å². The molecule has 31 heavy (non-hydrogen) atoms. The number of halogens is 1. The van der Waals surface area contributed by atoms with Gasteiger partial charge >= 0.3 is 0 Å². The number of carbonyl (C=O) groups excluding carboxylic acids is 1. The number of ketones is 1. The fourth-order valence-electron chi connectivity index (χ4n) is 8.41. The van der Waals surface area contributed by atoms with Crippen LogP contribution in [0.5, 0.6) is 0 Å². The van der Waals surface area contributed by atoms with Crippen molar-refractivity contribution in [1.82, 2.24) is 4.90 Å². The third-order valence-corrected chi connectivity index (χ3v) is 10.3. The van der Waals surface area contributed by atoms with E-state index >= 15 is 0 Å². The van der Waals surface area contributed by atoms with Crippen molar-refractivity contribution in [2.75, 3.05) is 26.2 Å². The molecule has 4 saturated carbocycles. The summed E-state index contributed by atoms with van der Waals surface area (Å²) in [7, 11) is 0. The lowest BCUT2D eigenvalue weighted by Crippen LogP contribution is -2.54. The number of carbonyl (C=O) groups is 1. The van der Waals surface area contributed by atoms with E-state index in [1.165, 1.54) is 38.1 Å². The first-order valence-electron chi connectivity index (χ1n) is 13.0. The molecule has 0 bridgehead atoms. The monoisotopic (exact) mass is 432 g/mol. The molecule has 5 unspecified atom stereocenters. The van der Waals surface area contributed by atoms with E-state index in [1.807, 2.05) is 0 Å². The second-order valence-corrected chi connectivity index (χ2v) is 11.8. The molecule has 5 fully saturated rings. The van der Waals surface area contributed by atoms with E-state index in [-0.39, 0.29) is 23.5 Å². The predicted molar refractivity (Wildman–Crippen MR) is 121 cm³/mol. The van der Waals surface area contributed by atoms with Crippen molar-refractivity contribution < 1.29 is 14.0 Å². The number of hydrogen-bond acceptors (Lipinski definition) is 4. The van der Waals surface area contributed by atoms with Crippen molar-refractivity contribution in [1.29, 1.82) is 0 Å². The predicted octanol–water partition coefficient (Wildman–Crippen LogP) is 5.40. The Morgan fingerprint density at radius 1 is 1.10 bits per heavy atom. The van der Waals surface area contributed by atoms with Crippen molar-refractivity contribution in [3.8, 4) is 0 Å². The Labute approximate surface area is 187 Å². The van der Waals surface area contributed by atoms with Crippen LogP contribution in [-0.2, 0) is 9.63 Å². The van der Waals surface area contributed by atoms with Crippen LogP contribution >= 0.6 is 0 Å². The van der Waals surface area contributed by atoms with Crippen LogP contribution in [0.25, 0.3) is 0 Å². The zero-order valence-electron chi connectivity index (χ0n) is 19.6. The van der Waals surface area contributed by atoms with Gasteiger partial charge in [-0.2, -0.15) is 0 Å². The quantitative estimate of drug-likeness (QED) is 0.441. The van der Waals surface area contributed by atoms with Gasteiger partial charge in [0.1, 0.15) is 18.6 Å². The molecule has 7 atom stereocenters. The lowest BCUT2D eigenvalue weighted by atomic mass is 9.45. The zero-order chi connectivity index (χ0) is 21.6. The first-order chi connectivity index (χ1) is 14.9. The van der Waals surface area contributed by atoms with Gasteiger partial charge in [-0.3, -0.25) is 9.69 Å². The SMILES string of the molecule is C[C@]12CC/C(=N\OCCN3CCCCC3)CC1CCC1C2CC[C@]2(C)C(=O)CC(F)C12. The van der Waals surface area contributed by atoms with E-state index in [9.17, 15) is 9.18 Å². The molecule has 0 aromatic heterocycles. The number of nitrogens with zero attached hydrogens (tertiary/aromatic N) is 2. The molecular weight excluding hydrogens is 391 g/mol. The average molecular weight is 433 g/mol. The molecule has 1 heterocycles. The Morgan fingerprint density at radius 2 is 1.90 bits per heavy atom. The van der Waals surface area contributed by atoms with Gasteiger partial charge in [0.25, 0.3) is 0 Å². The first-order valence-corrected chi connectivity index (χ1v) is 13.0. The van der Waals surface area contributed by atoms with Crippen molar-refractivity contribution in [2.24, 2.45) is 39.7 Å².